The summed E-state index contributed by atoms with van der Waals surface area (Å²) in [4.78, 5) is 7.83. The van der Waals surface area contributed by atoms with Crippen LogP contribution in [0.4, 0.5) is 0 Å². The van der Waals surface area contributed by atoms with Gasteiger partial charge in [0, 0.05) is 14.2 Å². The van der Waals surface area contributed by atoms with Crippen LogP contribution in [0.25, 0.3) is 0 Å². The minimum absolute atomic E-state index is 0.153. The molecule has 0 aliphatic carbocycles. The Labute approximate surface area is 70.7 Å². The first-order valence-electron chi connectivity index (χ1n) is 3.56. The summed E-state index contributed by atoms with van der Waals surface area (Å²) in [6.45, 7) is 0.180. The Balaban J connectivity index is 2.67. The summed E-state index contributed by atoms with van der Waals surface area (Å²) in [7, 11) is 3.05. The molecular formula is C7H12N2O3. The first-order valence-corrected chi connectivity index (χ1v) is 3.56. The van der Waals surface area contributed by atoms with Gasteiger partial charge in [0.1, 0.15) is 19.0 Å². The molecule has 0 saturated heterocycles. The zero-order chi connectivity index (χ0) is 9.03. The smallest absolute Gasteiger partial charge is 0.225 e. The van der Waals surface area contributed by atoms with Crippen LogP contribution in [0.2, 0.25) is 0 Å². The molecule has 5 heteroatoms. The fraction of sp³-hybridized carbons (Fsp3) is 0.714. The molecule has 0 aromatic heterocycles. The molecule has 0 spiro atoms. The van der Waals surface area contributed by atoms with E-state index < -0.39 is 5.79 Å². The van der Waals surface area contributed by atoms with E-state index in [1.807, 2.05) is 0 Å². The number of aliphatic hydroxyl groups excluding tert-OH is 1. The predicted octanol–water partition coefficient (Wildman–Crippen LogP) is -0.549. The van der Waals surface area contributed by atoms with Crippen molar-refractivity contribution in [3.63, 3.8) is 0 Å². The van der Waals surface area contributed by atoms with Gasteiger partial charge in [-0.2, -0.15) is 0 Å². The molecule has 1 N–H and O–H groups in total. The van der Waals surface area contributed by atoms with Crippen molar-refractivity contribution >= 4 is 12.1 Å². The molecule has 0 unspecified atom stereocenters. The van der Waals surface area contributed by atoms with E-state index in [2.05, 4.69) is 9.98 Å². The highest BCUT2D eigenvalue weighted by Crippen LogP contribution is 2.12. The molecule has 1 rings (SSSR count). The van der Waals surface area contributed by atoms with Gasteiger partial charge in [0.25, 0.3) is 0 Å². The lowest BCUT2D eigenvalue weighted by Gasteiger charge is -2.26. The number of hydrogen-bond donors (Lipinski definition) is 1. The van der Waals surface area contributed by atoms with E-state index in [4.69, 9.17) is 14.6 Å². The molecule has 12 heavy (non-hydrogen) atoms. The Morgan fingerprint density at radius 3 is 2.58 bits per heavy atom. The van der Waals surface area contributed by atoms with Crippen LogP contribution in [-0.2, 0) is 9.47 Å². The molecule has 1 heterocycles. The Hall–Kier alpha value is -0.780. The van der Waals surface area contributed by atoms with Gasteiger partial charge in [0.2, 0.25) is 5.79 Å². The van der Waals surface area contributed by atoms with Gasteiger partial charge in [-0.15, -0.1) is 0 Å². The third-order valence-corrected chi connectivity index (χ3v) is 1.72. The lowest BCUT2D eigenvalue weighted by molar-refractivity contribution is -0.142. The molecule has 1 aliphatic heterocycles. The summed E-state index contributed by atoms with van der Waals surface area (Å²) in [6, 6.07) is 0. The van der Waals surface area contributed by atoms with E-state index in [0.29, 0.717) is 12.4 Å². The molecule has 0 atom stereocenters. The summed E-state index contributed by atoms with van der Waals surface area (Å²) in [5.41, 5.74) is 0. The number of nitrogens with zero attached hydrogens (tertiary/aromatic N) is 2. The van der Waals surface area contributed by atoms with Crippen molar-refractivity contribution in [2.45, 2.75) is 5.79 Å². The van der Waals surface area contributed by atoms with E-state index in [1.165, 1.54) is 20.4 Å². The van der Waals surface area contributed by atoms with Crippen LogP contribution in [0.3, 0.4) is 0 Å². The molecular weight excluding hydrogens is 160 g/mol. The molecule has 0 amide bonds. The van der Waals surface area contributed by atoms with Crippen LogP contribution in [0.5, 0.6) is 0 Å². The Bertz CT molecular complexity index is 209. The Kier molecular flexibility index (Phi) is 2.91. The number of aliphatic hydroxyl groups is 1. The normalized spacial score (nSPS) is 20.8. The van der Waals surface area contributed by atoms with Gasteiger partial charge in [-0.1, -0.05) is 0 Å². The highest BCUT2D eigenvalue weighted by atomic mass is 16.7. The number of hydrogen-bond acceptors (Lipinski definition) is 5. The number of methoxy groups -OCH3 is 2. The van der Waals surface area contributed by atoms with Gasteiger partial charge < -0.3 is 14.6 Å². The Morgan fingerprint density at radius 2 is 2.25 bits per heavy atom. The quantitative estimate of drug-likeness (QED) is 0.581. The third-order valence-electron chi connectivity index (χ3n) is 1.72. The second-order valence-electron chi connectivity index (χ2n) is 2.37. The molecule has 0 fully saturated rings. The van der Waals surface area contributed by atoms with Crippen molar-refractivity contribution in [1.82, 2.24) is 0 Å². The van der Waals surface area contributed by atoms with Crippen LogP contribution < -0.4 is 0 Å². The zero-order valence-electron chi connectivity index (χ0n) is 7.15. The van der Waals surface area contributed by atoms with Crippen molar-refractivity contribution in [1.29, 1.82) is 0 Å². The molecule has 0 radical (unpaired) electrons. The molecule has 0 aromatic carbocycles. The zero-order valence-corrected chi connectivity index (χ0v) is 7.15. The number of amidine groups is 1. The van der Waals surface area contributed by atoms with Gasteiger partial charge in [-0.3, -0.25) is 4.99 Å². The molecule has 0 aromatic rings. The minimum atomic E-state index is -0.849. The number of rotatable bonds is 3. The highest BCUT2D eigenvalue weighted by Gasteiger charge is 2.29. The molecule has 68 valence electrons. The average Bonchev–Trinajstić information content (AvgIpc) is 2.18. The summed E-state index contributed by atoms with van der Waals surface area (Å²) in [5.74, 6) is -0.446. The number of aliphatic imine (C=N–C) groups is 2. The second-order valence-corrected chi connectivity index (χ2v) is 2.37. The summed E-state index contributed by atoms with van der Waals surface area (Å²) < 4.78 is 10.1. The lowest BCUT2D eigenvalue weighted by Crippen LogP contribution is -2.41. The first-order chi connectivity index (χ1) is 5.76. The lowest BCUT2D eigenvalue weighted by atomic mass is 10.3. The largest absolute Gasteiger partial charge is 0.388 e. The summed E-state index contributed by atoms with van der Waals surface area (Å²) in [5, 5.41) is 8.68. The molecule has 0 saturated carbocycles. The van der Waals surface area contributed by atoms with Gasteiger partial charge >= 0.3 is 0 Å². The van der Waals surface area contributed by atoms with Gasteiger partial charge in [-0.05, 0) is 0 Å². The highest BCUT2D eigenvalue weighted by molar-refractivity contribution is 5.93. The predicted molar refractivity (Wildman–Crippen MR) is 44.6 cm³/mol. The monoisotopic (exact) mass is 172 g/mol. The number of ether oxygens (including phenoxy) is 2. The SMILES string of the molecule is COC1(OC)C=NC(CO)=NC1. The van der Waals surface area contributed by atoms with Gasteiger partial charge in [0.05, 0.1) is 6.21 Å². The van der Waals surface area contributed by atoms with E-state index >= 15 is 0 Å². The van der Waals surface area contributed by atoms with Crippen LogP contribution in [0.15, 0.2) is 9.98 Å². The van der Waals surface area contributed by atoms with E-state index in [9.17, 15) is 0 Å². The maximum atomic E-state index is 8.68. The van der Waals surface area contributed by atoms with Crippen LogP contribution in [-0.4, -0.2) is 50.3 Å². The maximum Gasteiger partial charge on any atom is 0.225 e. The van der Waals surface area contributed by atoms with Gasteiger partial charge in [0.15, 0.2) is 0 Å². The van der Waals surface area contributed by atoms with Crippen molar-refractivity contribution in [3.05, 3.63) is 0 Å². The minimum Gasteiger partial charge on any atom is -0.388 e. The summed E-state index contributed by atoms with van der Waals surface area (Å²) in [6.07, 6.45) is 1.51. The fourth-order valence-electron chi connectivity index (χ4n) is 0.865. The van der Waals surface area contributed by atoms with E-state index in [1.54, 1.807) is 0 Å². The van der Waals surface area contributed by atoms with E-state index in [0.717, 1.165) is 0 Å². The van der Waals surface area contributed by atoms with Crippen LogP contribution in [0.1, 0.15) is 0 Å². The standard InChI is InChI=1S/C7H12N2O3/c1-11-7(12-2)4-8-6(3-10)9-5-7/h4,10H,3,5H2,1-2H3. The van der Waals surface area contributed by atoms with E-state index in [-0.39, 0.29) is 6.61 Å². The van der Waals surface area contributed by atoms with Crippen LogP contribution >= 0.6 is 0 Å². The second kappa shape index (κ2) is 3.75. The third kappa shape index (κ3) is 1.69. The maximum absolute atomic E-state index is 8.68. The van der Waals surface area contributed by atoms with Crippen molar-refractivity contribution in [3.8, 4) is 0 Å². The van der Waals surface area contributed by atoms with Crippen molar-refractivity contribution < 1.29 is 14.6 Å². The molecule has 0 bridgehead atoms. The topological polar surface area (TPSA) is 63.4 Å². The average molecular weight is 172 g/mol. The first kappa shape index (κ1) is 9.31. The Morgan fingerprint density at radius 1 is 1.58 bits per heavy atom. The van der Waals surface area contributed by atoms with Crippen molar-refractivity contribution in [2.75, 3.05) is 27.4 Å². The van der Waals surface area contributed by atoms with Crippen LogP contribution in [0, 0.1) is 0 Å². The van der Waals surface area contributed by atoms with Crippen molar-refractivity contribution in [2.24, 2.45) is 9.98 Å². The molecule has 1 aliphatic rings. The summed E-state index contributed by atoms with van der Waals surface area (Å²) >= 11 is 0. The van der Waals surface area contributed by atoms with Gasteiger partial charge in [-0.25, -0.2) is 4.99 Å². The fourth-order valence-corrected chi connectivity index (χ4v) is 0.865. The molecule has 5 nitrogen and oxygen atoms in total.